The molecule has 6 nitrogen and oxygen atoms in total. The Hall–Kier alpha value is -1.99. The number of aliphatic hydroxyl groups is 1. The van der Waals surface area contributed by atoms with Gasteiger partial charge in [-0.25, -0.2) is 0 Å². The SMILES string of the molecule is CC(O)c1cc([N+](=O)[O-])c(N(C)CCc2ccccn2)s1. The highest BCUT2D eigenvalue weighted by Crippen LogP contribution is 2.39. The Morgan fingerprint density at radius 2 is 2.29 bits per heavy atom. The van der Waals surface area contributed by atoms with Gasteiger partial charge in [0.05, 0.1) is 11.0 Å². The number of hydrogen-bond acceptors (Lipinski definition) is 6. The lowest BCUT2D eigenvalue weighted by molar-refractivity contribution is -0.383. The van der Waals surface area contributed by atoms with Crippen LogP contribution in [0, 0.1) is 10.1 Å². The lowest BCUT2D eigenvalue weighted by atomic mass is 10.2. The Morgan fingerprint density at radius 3 is 2.86 bits per heavy atom. The van der Waals surface area contributed by atoms with Crippen molar-refractivity contribution in [3.05, 3.63) is 51.1 Å². The van der Waals surface area contributed by atoms with Crippen LogP contribution in [0.5, 0.6) is 0 Å². The van der Waals surface area contributed by atoms with Crippen LogP contribution in [0.25, 0.3) is 0 Å². The molecule has 0 bridgehead atoms. The first-order valence-electron chi connectivity index (χ1n) is 6.56. The molecule has 0 aliphatic heterocycles. The molecule has 2 rings (SSSR count). The molecule has 7 heteroatoms. The van der Waals surface area contributed by atoms with Crippen molar-refractivity contribution in [3.8, 4) is 0 Å². The summed E-state index contributed by atoms with van der Waals surface area (Å²) in [6.45, 7) is 2.23. The largest absolute Gasteiger partial charge is 0.388 e. The molecule has 0 saturated heterocycles. The van der Waals surface area contributed by atoms with Gasteiger partial charge in [0.15, 0.2) is 5.00 Å². The Bertz CT molecular complexity index is 613. The monoisotopic (exact) mass is 307 g/mol. The van der Waals surface area contributed by atoms with Crippen LogP contribution in [0.15, 0.2) is 30.5 Å². The molecule has 0 aromatic carbocycles. The van der Waals surface area contributed by atoms with E-state index in [0.717, 1.165) is 5.69 Å². The molecule has 1 atom stereocenters. The van der Waals surface area contributed by atoms with Gasteiger partial charge in [0.1, 0.15) is 0 Å². The normalized spacial score (nSPS) is 12.1. The van der Waals surface area contributed by atoms with Gasteiger partial charge < -0.3 is 10.0 Å². The van der Waals surface area contributed by atoms with Gasteiger partial charge in [0, 0.05) is 42.8 Å². The molecule has 0 saturated carbocycles. The summed E-state index contributed by atoms with van der Waals surface area (Å²) in [7, 11) is 1.81. The molecule has 1 unspecified atom stereocenters. The van der Waals surface area contributed by atoms with Crippen LogP contribution in [0.3, 0.4) is 0 Å². The van der Waals surface area contributed by atoms with Crippen molar-refractivity contribution in [3.63, 3.8) is 0 Å². The molecule has 21 heavy (non-hydrogen) atoms. The molecule has 0 aliphatic rings. The van der Waals surface area contributed by atoms with Gasteiger partial charge in [-0.05, 0) is 19.1 Å². The average molecular weight is 307 g/mol. The lowest BCUT2D eigenvalue weighted by Gasteiger charge is -2.16. The maximum atomic E-state index is 11.1. The Balaban J connectivity index is 2.14. The summed E-state index contributed by atoms with van der Waals surface area (Å²) in [5.41, 5.74) is 0.985. The smallest absolute Gasteiger partial charge is 0.304 e. The predicted octanol–water partition coefficient (Wildman–Crippen LogP) is 2.78. The summed E-state index contributed by atoms with van der Waals surface area (Å²) in [6.07, 6.45) is 1.73. The minimum Gasteiger partial charge on any atom is -0.388 e. The number of pyridine rings is 1. The first-order valence-corrected chi connectivity index (χ1v) is 7.38. The Kier molecular flexibility index (Phi) is 4.87. The van der Waals surface area contributed by atoms with Crippen molar-refractivity contribution in [2.75, 3.05) is 18.5 Å². The summed E-state index contributed by atoms with van der Waals surface area (Å²) >= 11 is 1.25. The van der Waals surface area contributed by atoms with E-state index in [1.165, 1.54) is 17.4 Å². The quantitative estimate of drug-likeness (QED) is 0.655. The number of aromatic nitrogens is 1. The first-order chi connectivity index (χ1) is 9.99. The van der Waals surface area contributed by atoms with Gasteiger partial charge in [-0.15, -0.1) is 11.3 Å². The summed E-state index contributed by atoms with van der Waals surface area (Å²) in [4.78, 5) is 17.4. The third-order valence-corrected chi connectivity index (χ3v) is 4.51. The maximum absolute atomic E-state index is 11.1. The van der Waals surface area contributed by atoms with Crippen LogP contribution in [0.1, 0.15) is 23.6 Å². The number of hydrogen-bond donors (Lipinski definition) is 1. The fourth-order valence-corrected chi connectivity index (χ4v) is 2.98. The number of aliphatic hydroxyl groups excluding tert-OH is 1. The molecule has 0 amide bonds. The van der Waals surface area contributed by atoms with Gasteiger partial charge >= 0.3 is 5.69 Å². The van der Waals surface area contributed by atoms with Crippen LogP contribution in [0.4, 0.5) is 10.7 Å². The summed E-state index contributed by atoms with van der Waals surface area (Å²) < 4.78 is 0. The van der Waals surface area contributed by atoms with E-state index in [1.54, 1.807) is 13.1 Å². The molecular formula is C14H17N3O3S. The minimum atomic E-state index is -0.702. The molecule has 0 fully saturated rings. The van der Waals surface area contributed by atoms with Crippen molar-refractivity contribution < 1.29 is 10.0 Å². The van der Waals surface area contributed by atoms with Gasteiger partial charge in [0.2, 0.25) is 0 Å². The topological polar surface area (TPSA) is 79.5 Å². The first kappa shape index (κ1) is 15.4. The second-order valence-electron chi connectivity index (χ2n) is 4.76. The van der Waals surface area contributed by atoms with Crippen molar-refractivity contribution in [2.24, 2.45) is 0 Å². The molecule has 2 aromatic heterocycles. The average Bonchev–Trinajstić information content (AvgIpc) is 2.91. The number of anilines is 1. The van der Waals surface area contributed by atoms with Gasteiger partial charge in [-0.3, -0.25) is 15.1 Å². The highest BCUT2D eigenvalue weighted by Gasteiger charge is 2.23. The highest BCUT2D eigenvalue weighted by atomic mass is 32.1. The molecule has 0 radical (unpaired) electrons. The third kappa shape index (κ3) is 3.77. The fraction of sp³-hybridized carbons (Fsp3) is 0.357. The summed E-state index contributed by atoms with van der Waals surface area (Å²) in [5.74, 6) is 0. The fourth-order valence-electron chi connectivity index (χ4n) is 1.93. The number of nitro groups is 1. The number of thiophene rings is 1. The third-order valence-electron chi connectivity index (χ3n) is 3.10. The highest BCUT2D eigenvalue weighted by molar-refractivity contribution is 7.16. The molecule has 112 valence electrons. The van der Waals surface area contributed by atoms with Crippen LogP contribution in [-0.4, -0.2) is 28.6 Å². The van der Waals surface area contributed by atoms with Crippen molar-refractivity contribution in [2.45, 2.75) is 19.4 Å². The zero-order valence-electron chi connectivity index (χ0n) is 11.9. The molecule has 1 N–H and O–H groups in total. The van der Waals surface area contributed by atoms with Crippen molar-refractivity contribution >= 4 is 22.0 Å². The minimum absolute atomic E-state index is 0.0411. The van der Waals surface area contributed by atoms with Crippen molar-refractivity contribution in [1.29, 1.82) is 0 Å². The Morgan fingerprint density at radius 1 is 1.52 bits per heavy atom. The summed E-state index contributed by atoms with van der Waals surface area (Å²) in [5, 5.41) is 21.3. The van der Waals surface area contributed by atoms with Gasteiger partial charge in [-0.2, -0.15) is 0 Å². The van der Waals surface area contributed by atoms with Gasteiger partial charge in [-0.1, -0.05) is 6.07 Å². The number of rotatable bonds is 6. The van der Waals surface area contributed by atoms with E-state index in [1.807, 2.05) is 30.1 Å². The van der Waals surface area contributed by atoms with E-state index in [-0.39, 0.29) is 5.69 Å². The van der Waals surface area contributed by atoms with Crippen LogP contribution >= 0.6 is 11.3 Å². The maximum Gasteiger partial charge on any atom is 0.304 e. The van der Waals surface area contributed by atoms with Crippen LogP contribution in [0.2, 0.25) is 0 Å². The molecule has 0 spiro atoms. The zero-order chi connectivity index (χ0) is 15.4. The number of nitrogens with zero attached hydrogens (tertiary/aromatic N) is 3. The van der Waals surface area contributed by atoms with E-state index in [9.17, 15) is 15.2 Å². The zero-order valence-corrected chi connectivity index (χ0v) is 12.7. The van der Waals surface area contributed by atoms with Crippen LogP contribution < -0.4 is 4.90 Å². The molecule has 2 heterocycles. The van der Waals surface area contributed by atoms with Crippen LogP contribution in [-0.2, 0) is 6.42 Å². The molecular weight excluding hydrogens is 290 g/mol. The summed E-state index contributed by atoms with van der Waals surface area (Å²) in [6, 6.07) is 7.15. The van der Waals surface area contributed by atoms with E-state index >= 15 is 0 Å². The lowest BCUT2D eigenvalue weighted by Crippen LogP contribution is -2.20. The van der Waals surface area contributed by atoms with Gasteiger partial charge in [0.25, 0.3) is 0 Å². The second kappa shape index (κ2) is 6.64. The second-order valence-corrected chi connectivity index (χ2v) is 5.83. The molecule has 0 aliphatic carbocycles. The Labute approximate surface area is 126 Å². The molecule has 2 aromatic rings. The van der Waals surface area contributed by atoms with E-state index in [0.29, 0.717) is 22.8 Å². The van der Waals surface area contributed by atoms with Crippen molar-refractivity contribution in [1.82, 2.24) is 4.98 Å². The van der Waals surface area contributed by atoms with E-state index in [2.05, 4.69) is 4.98 Å². The van der Waals surface area contributed by atoms with E-state index in [4.69, 9.17) is 0 Å². The number of likely N-dealkylation sites (N-methyl/N-ethyl adjacent to an activating group) is 1. The standard InChI is InChI=1S/C14H17N3O3S/c1-10(18)13-9-12(17(19)20)14(21-13)16(2)8-6-11-5-3-4-7-15-11/h3-5,7,9-10,18H,6,8H2,1-2H3. The van der Waals surface area contributed by atoms with E-state index < -0.39 is 11.0 Å². The predicted molar refractivity (Wildman–Crippen MR) is 82.8 cm³/mol.